The highest BCUT2D eigenvalue weighted by Crippen LogP contribution is 2.09. The van der Waals surface area contributed by atoms with Crippen molar-refractivity contribution in [3.05, 3.63) is 30.0 Å². The number of aryl methyl sites for hydroxylation is 1. The summed E-state index contributed by atoms with van der Waals surface area (Å²) in [6.07, 6.45) is 4.72. The number of nitrogens with zero attached hydrogens (tertiary/aromatic N) is 4. The number of nitrogens with two attached hydrogens (primary N) is 1. The van der Waals surface area contributed by atoms with E-state index in [1.54, 1.807) is 10.9 Å². The molecular weight excluding hydrogens is 223 g/mol. The van der Waals surface area contributed by atoms with Gasteiger partial charge >= 0.3 is 0 Å². The fourth-order valence-electron chi connectivity index (χ4n) is 1.38. The van der Waals surface area contributed by atoms with Gasteiger partial charge in [0.15, 0.2) is 11.6 Å². The predicted octanol–water partition coefficient (Wildman–Crippen LogP) is 0.815. The quantitative estimate of drug-likeness (QED) is 0.821. The Bertz CT molecular complexity index is 509. The van der Waals surface area contributed by atoms with E-state index in [2.05, 4.69) is 20.4 Å². The number of hydrogen-bond acceptors (Lipinski definition) is 5. The monoisotopic (exact) mass is 236 g/mol. The summed E-state index contributed by atoms with van der Waals surface area (Å²) in [6.45, 7) is 3.09. The molecule has 0 unspecified atom stereocenters. The molecule has 2 rings (SSSR count). The zero-order chi connectivity index (χ0) is 12.3. The molecule has 0 aliphatic heterocycles. The van der Waals surface area contributed by atoms with Crippen molar-refractivity contribution in [2.75, 3.05) is 17.6 Å². The van der Waals surface area contributed by atoms with Gasteiger partial charge in [0.25, 0.3) is 0 Å². The lowest BCUT2D eigenvalue weighted by Crippen LogP contribution is -2.13. The van der Waals surface area contributed by atoms with E-state index in [0.717, 1.165) is 11.8 Å². The molecule has 0 saturated heterocycles. The Morgan fingerprint density at radius 3 is 3.00 bits per heavy atom. The van der Waals surface area contributed by atoms with Gasteiger partial charge in [-0.1, -0.05) is 0 Å². The molecule has 0 bridgehead atoms. The minimum Gasteiger partial charge on any atom is -0.368 e. The summed E-state index contributed by atoms with van der Waals surface area (Å²) in [5.41, 5.74) is 6.45. The first kappa shape index (κ1) is 11.3. The fraction of sp³-hybridized carbons (Fsp3) is 0.300. The van der Waals surface area contributed by atoms with Crippen LogP contribution < -0.4 is 11.1 Å². The lowest BCUT2D eigenvalue weighted by atomic mass is 10.4. The van der Waals surface area contributed by atoms with E-state index in [9.17, 15) is 4.39 Å². The van der Waals surface area contributed by atoms with Gasteiger partial charge in [0, 0.05) is 12.7 Å². The molecule has 7 heteroatoms. The summed E-state index contributed by atoms with van der Waals surface area (Å²) in [5, 5.41) is 6.96. The molecule has 17 heavy (non-hydrogen) atoms. The lowest BCUT2D eigenvalue weighted by molar-refractivity contribution is 0.607. The Morgan fingerprint density at radius 1 is 1.47 bits per heavy atom. The number of anilines is 2. The average Bonchev–Trinajstić information content (AvgIpc) is 2.69. The Labute approximate surface area is 97.7 Å². The van der Waals surface area contributed by atoms with E-state index in [1.807, 2.05) is 13.1 Å². The van der Waals surface area contributed by atoms with Gasteiger partial charge in [-0.25, -0.2) is 9.37 Å². The number of rotatable bonds is 4. The van der Waals surface area contributed by atoms with E-state index in [4.69, 9.17) is 5.73 Å². The van der Waals surface area contributed by atoms with Crippen LogP contribution in [0.5, 0.6) is 0 Å². The van der Waals surface area contributed by atoms with Crippen molar-refractivity contribution in [1.29, 1.82) is 0 Å². The third-order valence-corrected chi connectivity index (χ3v) is 2.16. The molecule has 3 N–H and O–H groups in total. The van der Waals surface area contributed by atoms with Gasteiger partial charge in [0.05, 0.1) is 18.9 Å². The Balaban J connectivity index is 1.91. The van der Waals surface area contributed by atoms with Gasteiger partial charge < -0.3 is 11.1 Å². The standard InChI is InChI=1S/C10H13FN6/c1-7-4-15-17(6-7)3-2-13-9-8(11)5-14-10(12)16-9/h4-6H,2-3H2,1H3,(H3,12,13,14,16). The van der Waals surface area contributed by atoms with Crippen LogP contribution in [0.4, 0.5) is 16.2 Å². The highest BCUT2D eigenvalue weighted by atomic mass is 19.1. The van der Waals surface area contributed by atoms with Crippen molar-refractivity contribution < 1.29 is 4.39 Å². The first-order valence-electron chi connectivity index (χ1n) is 5.16. The highest BCUT2D eigenvalue weighted by molar-refractivity contribution is 5.38. The summed E-state index contributed by atoms with van der Waals surface area (Å²) in [4.78, 5) is 7.30. The van der Waals surface area contributed by atoms with Gasteiger partial charge in [-0.05, 0) is 12.5 Å². The SMILES string of the molecule is Cc1cnn(CCNc2nc(N)ncc2F)c1. The first-order chi connectivity index (χ1) is 8.15. The molecule has 2 aromatic rings. The summed E-state index contributed by atoms with van der Waals surface area (Å²) >= 11 is 0. The molecule has 0 aliphatic carbocycles. The summed E-state index contributed by atoms with van der Waals surface area (Å²) in [6, 6.07) is 0. The second-order valence-electron chi connectivity index (χ2n) is 3.63. The normalized spacial score (nSPS) is 10.5. The van der Waals surface area contributed by atoms with Crippen LogP contribution in [-0.2, 0) is 6.54 Å². The molecular formula is C10H13FN6. The molecule has 0 radical (unpaired) electrons. The van der Waals surface area contributed by atoms with Crippen molar-refractivity contribution in [3.63, 3.8) is 0 Å². The molecule has 0 atom stereocenters. The fourth-order valence-corrected chi connectivity index (χ4v) is 1.38. The molecule has 0 aromatic carbocycles. The van der Waals surface area contributed by atoms with E-state index in [-0.39, 0.29) is 11.8 Å². The molecule has 90 valence electrons. The minimum atomic E-state index is -0.518. The molecule has 0 saturated carbocycles. The van der Waals surface area contributed by atoms with Gasteiger partial charge in [-0.3, -0.25) is 4.68 Å². The maximum atomic E-state index is 13.2. The van der Waals surface area contributed by atoms with Crippen molar-refractivity contribution in [2.45, 2.75) is 13.5 Å². The Morgan fingerprint density at radius 2 is 2.29 bits per heavy atom. The third-order valence-electron chi connectivity index (χ3n) is 2.16. The van der Waals surface area contributed by atoms with Crippen LogP contribution in [0.15, 0.2) is 18.6 Å². The van der Waals surface area contributed by atoms with Gasteiger partial charge in [0.2, 0.25) is 5.95 Å². The second kappa shape index (κ2) is 4.77. The molecule has 2 heterocycles. The van der Waals surface area contributed by atoms with Gasteiger partial charge in [-0.15, -0.1) is 0 Å². The smallest absolute Gasteiger partial charge is 0.222 e. The largest absolute Gasteiger partial charge is 0.368 e. The molecule has 0 fully saturated rings. The van der Waals surface area contributed by atoms with Crippen LogP contribution >= 0.6 is 0 Å². The Kier molecular flexibility index (Phi) is 3.17. The maximum Gasteiger partial charge on any atom is 0.222 e. The molecule has 6 nitrogen and oxygen atoms in total. The second-order valence-corrected chi connectivity index (χ2v) is 3.63. The topological polar surface area (TPSA) is 81.7 Å². The summed E-state index contributed by atoms with van der Waals surface area (Å²) < 4.78 is 15.0. The van der Waals surface area contributed by atoms with Crippen molar-refractivity contribution >= 4 is 11.8 Å². The first-order valence-corrected chi connectivity index (χ1v) is 5.16. The van der Waals surface area contributed by atoms with Crippen molar-refractivity contribution in [1.82, 2.24) is 19.7 Å². The molecule has 0 amide bonds. The zero-order valence-corrected chi connectivity index (χ0v) is 9.39. The Hall–Kier alpha value is -2.18. The summed E-state index contributed by atoms with van der Waals surface area (Å²) in [7, 11) is 0. The number of nitrogens with one attached hydrogen (secondary N) is 1. The minimum absolute atomic E-state index is 0.0452. The lowest BCUT2D eigenvalue weighted by Gasteiger charge is -2.06. The molecule has 2 aromatic heterocycles. The van der Waals surface area contributed by atoms with Gasteiger partial charge in [0.1, 0.15) is 0 Å². The summed E-state index contributed by atoms with van der Waals surface area (Å²) in [5.74, 6) is -0.360. The highest BCUT2D eigenvalue weighted by Gasteiger charge is 2.04. The predicted molar refractivity (Wildman–Crippen MR) is 61.9 cm³/mol. The van der Waals surface area contributed by atoms with E-state index in [0.29, 0.717) is 13.1 Å². The number of hydrogen-bond donors (Lipinski definition) is 2. The number of halogens is 1. The molecule has 0 aliphatic rings. The zero-order valence-electron chi connectivity index (χ0n) is 9.39. The third kappa shape index (κ3) is 2.90. The van der Waals surface area contributed by atoms with Gasteiger partial charge in [-0.2, -0.15) is 10.1 Å². The van der Waals surface area contributed by atoms with Crippen molar-refractivity contribution in [3.8, 4) is 0 Å². The molecule has 0 spiro atoms. The van der Waals surface area contributed by atoms with Crippen LogP contribution in [0.1, 0.15) is 5.56 Å². The van der Waals surface area contributed by atoms with Crippen molar-refractivity contribution in [2.24, 2.45) is 0 Å². The van der Waals surface area contributed by atoms with E-state index in [1.165, 1.54) is 0 Å². The van der Waals surface area contributed by atoms with E-state index >= 15 is 0 Å². The maximum absolute atomic E-state index is 13.2. The number of nitrogen functional groups attached to an aromatic ring is 1. The van der Waals surface area contributed by atoms with E-state index < -0.39 is 5.82 Å². The van der Waals surface area contributed by atoms with Crippen LogP contribution in [0.3, 0.4) is 0 Å². The number of aromatic nitrogens is 4. The van der Waals surface area contributed by atoms with Crippen LogP contribution in [0, 0.1) is 12.7 Å². The van der Waals surface area contributed by atoms with Crippen LogP contribution in [-0.4, -0.2) is 26.3 Å². The van der Waals surface area contributed by atoms with Crippen LogP contribution in [0.25, 0.3) is 0 Å². The average molecular weight is 236 g/mol. The van der Waals surface area contributed by atoms with Crippen LogP contribution in [0.2, 0.25) is 0 Å².